The van der Waals surface area contributed by atoms with Crippen LogP contribution in [0.15, 0.2) is 66.7 Å². The molecule has 2 aromatic carbocycles. The van der Waals surface area contributed by atoms with Crippen molar-refractivity contribution in [3.05, 3.63) is 72.4 Å². The molecule has 0 aliphatic heterocycles. The van der Waals surface area contributed by atoms with E-state index in [0.717, 1.165) is 5.56 Å². The molecule has 3 aromatic rings. The number of aromatic nitrogens is 2. The van der Waals surface area contributed by atoms with Gasteiger partial charge in [-0.25, -0.2) is 4.68 Å². The highest BCUT2D eigenvalue weighted by Crippen LogP contribution is 2.24. The molecule has 0 radical (unpaired) electrons. The fraction of sp³-hybridized carbons (Fsp3) is 0.111. The molecular formula is C18H14F3N3O. The molecule has 0 bridgehead atoms. The molecule has 0 atom stereocenters. The van der Waals surface area contributed by atoms with Gasteiger partial charge in [-0.3, -0.25) is 4.79 Å². The maximum atomic E-state index is 12.3. The molecule has 7 heteroatoms. The summed E-state index contributed by atoms with van der Waals surface area (Å²) in [4.78, 5) is 12.0. The summed E-state index contributed by atoms with van der Waals surface area (Å²) in [5.74, 6) is -0.871. The molecule has 0 fully saturated rings. The highest BCUT2D eigenvalue weighted by Gasteiger charge is 2.28. The van der Waals surface area contributed by atoms with Gasteiger partial charge in [0.25, 0.3) is 5.91 Å². The smallest absolute Gasteiger partial charge is 0.342 e. The van der Waals surface area contributed by atoms with Gasteiger partial charge in [-0.15, -0.1) is 0 Å². The van der Waals surface area contributed by atoms with Crippen LogP contribution in [-0.2, 0) is 0 Å². The molecule has 1 heterocycles. The molecule has 0 aliphatic rings. The average Bonchev–Trinajstić information content (AvgIpc) is 3.06. The number of hydrogen-bond donors (Lipinski definition) is 1. The molecule has 4 nitrogen and oxygen atoms in total. The Balaban J connectivity index is 1.99. The Morgan fingerprint density at radius 1 is 1.00 bits per heavy atom. The first-order chi connectivity index (χ1) is 11.9. The van der Waals surface area contributed by atoms with Crippen molar-refractivity contribution < 1.29 is 18.0 Å². The molecular weight excluding hydrogens is 331 g/mol. The Morgan fingerprint density at radius 2 is 1.60 bits per heavy atom. The second-order valence-corrected chi connectivity index (χ2v) is 5.33. The SMILES string of the molecule is O=C(NCC(F)(F)F)c1cc(-c2ccccc2)n(-c2ccccc2)n1. The molecule has 0 saturated carbocycles. The van der Waals surface area contributed by atoms with Gasteiger partial charge < -0.3 is 5.32 Å². The third-order valence-electron chi connectivity index (χ3n) is 3.46. The minimum atomic E-state index is -4.47. The summed E-state index contributed by atoms with van der Waals surface area (Å²) in [7, 11) is 0. The topological polar surface area (TPSA) is 46.9 Å². The van der Waals surface area contributed by atoms with Crippen molar-refractivity contribution in [3.8, 4) is 16.9 Å². The van der Waals surface area contributed by atoms with Gasteiger partial charge >= 0.3 is 6.18 Å². The van der Waals surface area contributed by atoms with Crippen LogP contribution in [0.3, 0.4) is 0 Å². The summed E-state index contributed by atoms with van der Waals surface area (Å²) in [5, 5.41) is 6.04. The fourth-order valence-corrected chi connectivity index (χ4v) is 2.34. The quantitative estimate of drug-likeness (QED) is 0.781. The van der Waals surface area contributed by atoms with E-state index in [9.17, 15) is 18.0 Å². The third kappa shape index (κ3) is 4.06. The normalized spacial score (nSPS) is 11.3. The first kappa shape index (κ1) is 16.8. The average molecular weight is 345 g/mol. The molecule has 0 spiro atoms. The maximum absolute atomic E-state index is 12.3. The van der Waals surface area contributed by atoms with E-state index in [4.69, 9.17) is 0 Å². The zero-order valence-corrected chi connectivity index (χ0v) is 13.0. The standard InChI is InChI=1S/C18H14F3N3O/c19-18(20,21)12-22-17(25)15-11-16(13-7-3-1-4-8-13)24(23-15)14-9-5-2-6-10-14/h1-11H,12H2,(H,22,25). The first-order valence-corrected chi connectivity index (χ1v) is 7.50. The Hall–Kier alpha value is -3.09. The fourth-order valence-electron chi connectivity index (χ4n) is 2.34. The highest BCUT2D eigenvalue weighted by atomic mass is 19.4. The number of nitrogens with one attached hydrogen (secondary N) is 1. The molecule has 1 amide bonds. The number of rotatable bonds is 4. The van der Waals surface area contributed by atoms with Crippen LogP contribution in [-0.4, -0.2) is 28.4 Å². The number of amides is 1. The zero-order chi connectivity index (χ0) is 17.9. The number of benzene rings is 2. The van der Waals surface area contributed by atoms with Crippen molar-refractivity contribution in [3.63, 3.8) is 0 Å². The van der Waals surface area contributed by atoms with Crippen molar-refractivity contribution >= 4 is 5.91 Å². The van der Waals surface area contributed by atoms with E-state index in [1.54, 1.807) is 12.1 Å². The summed E-state index contributed by atoms with van der Waals surface area (Å²) >= 11 is 0. The van der Waals surface area contributed by atoms with E-state index >= 15 is 0 Å². The van der Waals surface area contributed by atoms with E-state index in [-0.39, 0.29) is 5.69 Å². The lowest BCUT2D eigenvalue weighted by Crippen LogP contribution is -2.33. The van der Waals surface area contributed by atoms with Gasteiger partial charge in [0.1, 0.15) is 6.54 Å². The molecule has 0 saturated heterocycles. The summed E-state index contributed by atoms with van der Waals surface area (Å²) in [5.41, 5.74) is 2.04. The van der Waals surface area contributed by atoms with Crippen molar-refractivity contribution in [2.24, 2.45) is 0 Å². The second-order valence-electron chi connectivity index (χ2n) is 5.33. The summed E-state index contributed by atoms with van der Waals surface area (Å²) < 4.78 is 38.5. The van der Waals surface area contributed by atoms with E-state index in [1.165, 1.54) is 10.7 Å². The van der Waals surface area contributed by atoms with Crippen LogP contribution < -0.4 is 5.32 Å². The number of alkyl halides is 3. The van der Waals surface area contributed by atoms with Gasteiger partial charge in [-0.2, -0.15) is 18.3 Å². The Kier molecular flexibility index (Phi) is 4.56. The predicted octanol–water partition coefficient (Wildman–Crippen LogP) is 3.83. The van der Waals surface area contributed by atoms with E-state index in [1.807, 2.05) is 53.8 Å². The van der Waals surface area contributed by atoms with Gasteiger partial charge in [-0.05, 0) is 18.2 Å². The lowest BCUT2D eigenvalue weighted by Gasteiger charge is -2.07. The lowest BCUT2D eigenvalue weighted by molar-refractivity contribution is -0.123. The number of halogens is 3. The molecule has 25 heavy (non-hydrogen) atoms. The number of carbonyl (C=O) groups excluding carboxylic acids is 1. The molecule has 128 valence electrons. The molecule has 1 aromatic heterocycles. The Morgan fingerprint density at radius 3 is 2.20 bits per heavy atom. The summed E-state index contributed by atoms with van der Waals surface area (Å²) in [6, 6.07) is 19.8. The van der Waals surface area contributed by atoms with Gasteiger partial charge in [0.05, 0.1) is 11.4 Å². The van der Waals surface area contributed by atoms with Gasteiger partial charge in [0, 0.05) is 5.56 Å². The highest BCUT2D eigenvalue weighted by molar-refractivity contribution is 5.93. The number of hydrogen-bond acceptors (Lipinski definition) is 2. The van der Waals surface area contributed by atoms with Crippen LogP contribution >= 0.6 is 0 Å². The minimum absolute atomic E-state index is 0.0769. The van der Waals surface area contributed by atoms with E-state index in [0.29, 0.717) is 11.4 Å². The number of carbonyl (C=O) groups is 1. The van der Waals surface area contributed by atoms with E-state index in [2.05, 4.69) is 5.10 Å². The predicted molar refractivity (Wildman–Crippen MR) is 87.4 cm³/mol. The van der Waals surface area contributed by atoms with Crippen LogP contribution in [0.1, 0.15) is 10.5 Å². The van der Waals surface area contributed by atoms with Crippen molar-refractivity contribution in [2.45, 2.75) is 6.18 Å². The number of para-hydroxylation sites is 1. The van der Waals surface area contributed by atoms with Crippen molar-refractivity contribution in [1.82, 2.24) is 15.1 Å². The monoisotopic (exact) mass is 345 g/mol. The van der Waals surface area contributed by atoms with Crippen LogP contribution in [0, 0.1) is 0 Å². The third-order valence-corrected chi connectivity index (χ3v) is 3.46. The van der Waals surface area contributed by atoms with Gasteiger partial charge in [-0.1, -0.05) is 48.5 Å². The first-order valence-electron chi connectivity index (χ1n) is 7.50. The summed E-state index contributed by atoms with van der Waals surface area (Å²) in [6.45, 7) is -1.40. The molecule has 0 unspecified atom stereocenters. The Bertz CT molecular complexity index is 801. The summed E-state index contributed by atoms with van der Waals surface area (Å²) in [6.07, 6.45) is -4.47. The second kappa shape index (κ2) is 6.80. The molecule has 1 N–H and O–H groups in total. The van der Waals surface area contributed by atoms with Crippen LogP contribution in [0.25, 0.3) is 16.9 Å². The molecule has 3 rings (SSSR count). The van der Waals surface area contributed by atoms with Crippen LogP contribution in [0.2, 0.25) is 0 Å². The number of nitrogens with zero attached hydrogens (tertiary/aromatic N) is 2. The molecule has 0 aliphatic carbocycles. The zero-order valence-electron chi connectivity index (χ0n) is 13.0. The van der Waals surface area contributed by atoms with Crippen LogP contribution in [0.4, 0.5) is 13.2 Å². The Labute approximate surface area is 141 Å². The van der Waals surface area contributed by atoms with Crippen molar-refractivity contribution in [2.75, 3.05) is 6.54 Å². The van der Waals surface area contributed by atoms with Crippen molar-refractivity contribution in [1.29, 1.82) is 0 Å². The van der Waals surface area contributed by atoms with E-state index < -0.39 is 18.6 Å². The van der Waals surface area contributed by atoms with Gasteiger partial charge in [0.2, 0.25) is 0 Å². The minimum Gasteiger partial charge on any atom is -0.342 e. The lowest BCUT2D eigenvalue weighted by atomic mass is 10.1. The van der Waals surface area contributed by atoms with Gasteiger partial charge in [0.15, 0.2) is 5.69 Å². The van der Waals surface area contributed by atoms with Crippen LogP contribution in [0.5, 0.6) is 0 Å². The largest absolute Gasteiger partial charge is 0.405 e. The maximum Gasteiger partial charge on any atom is 0.405 e.